The Bertz CT molecular complexity index is 1230. The molecule has 0 heterocycles. The van der Waals surface area contributed by atoms with Gasteiger partial charge in [0.15, 0.2) is 0 Å². The Morgan fingerprint density at radius 1 is 0.903 bits per heavy atom. The first-order chi connectivity index (χ1) is 15.0. The van der Waals surface area contributed by atoms with Gasteiger partial charge < -0.3 is 19.7 Å². The number of aryl methyl sites for hydroxylation is 1. The summed E-state index contributed by atoms with van der Waals surface area (Å²) in [4.78, 5) is 10.8. The van der Waals surface area contributed by atoms with Gasteiger partial charge in [-0.2, -0.15) is 0 Å². The van der Waals surface area contributed by atoms with Crippen LogP contribution in [0.5, 0.6) is 23.0 Å². The third-order valence-corrected chi connectivity index (χ3v) is 5.11. The van der Waals surface area contributed by atoms with Crippen molar-refractivity contribution in [2.75, 3.05) is 7.11 Å². The highest BCUT2D eigenvalue weighted by atomic mass is 16.5. The van der Waals surface area contributed by atoms with Crippen LogP contribution in [0.3, 0.4) is 0 Å². The number of phenols is 1. The number of hydrogen-bond donors (Lipinski definition) is 2. The average Bonchev–Trinajstić information content (AvgIpc) is 2.78. The monoisotopic (exact) mass is 414 g/mol. The molecule has 2 N–H and O–H groups in total. The molecule has 0 radical (unpaired) electrons. The van der Waals surface area contributed by atoms with E-state index in [9.17, 15) is 9.90 Å². The molecule has 0 amide bonds. The van der Waals surface area contributed by atoms with Crippen LogP contribution in [0.1, 0.15) is 12.0 Å². The highest BCUT2D eigenvalue weighted by Gasteiger charge is 2.14. The van der Waals surface area contributed by atoms with E-state index in [0.717, 1.165) is 33.2 Å². The van der Waals surface area contributed by atoms with Crippen LogP contribution in [-0.4, -0.2) is 23.3 Å². The van der Waals surface area contributed by atoms with Crippen molar-refractivity contribution < 1.29 is 24.5 Å². The molecule has 0 saturated carbocycles. The van der Waals surface area contributed by atoms with Crippen LogP contribution in [0.2, 0.25) is 0 Å². The summed E-state index contributed by atoms with van der Waals surface area (Å²) in [7, 11) is 1.63. The highest BCUT2D eigenvalue weighted by Crippen LogP contribution is 2.41. The molecule has 0 spiro atoms. The lowest BCUT2D eigenvalue weighted by Gasteiger charge is -2.16. The van der Waals surface area contributed by atoms with Crippen molar-refractivity contribution in [3.8, 4) is 34.1 Å². The normalized spacial score (nSPS) is 10.7. The molecule has 0 aliphatic rings. The van der Waals surface area contributed by atoms with Crippen LogP contribution < -0.4 is 9.47 Å². The number of aliphatic carboxylic acids is 1. The summed E-state index contributed by atoms with van der Waals surface area (Å²) in [5, 5.41) is 20.5. The Kier molecular flexibility index (Phi) is 5.76. The van der Waals surface area contributed by atoms with Gasteiger partial charge in [-0.15, -0.1) is 0 Å². The van der Waals surface area contributed by atoms with Crippen LogP contribution in [-0.2, 0) is 11.2 Å². The van der Waals surface area contributed by atoms with Gasteiger partial charge in [0.05, 0.1) is 7.11 Å². The number of carboxylic acid groups (broad SMARTS) is 1. The fraction of sp³-hybridized carbons (Fsp3) is 0.115. The predicted octanol–water partition coefficient (Wildman–Crippen LogP) is 6.03. The third-order valence-electron chi connectivity index (χ3n) is 5.11. The van der Waals surface area contributed by atoms with Crippen molar-refractivity contribution in [1.82, 2.24) is 0 Å². The maximum atomic E-state index is 10.8. The summed E-state index contributed by atoms with van der Waals surface area (Å²) in [5.74, 6) is 1.43. The number of rotatable bonds is 7. The molecule has 31 heavy (non-hydrogen) atoms. The minimum atomic E-state index is -0.817. The van der Waals surface area contributed by atoms with Crippen LogP contribution in [0.4, 0.5) is 0 Å². The zero-order chi connectivity index (χ0) is 21.8. The molecule has 0 bridgehead atoms. The molecule has 5 heteroatoms. The second-order valence-electron chi connectivity index (χ2n) is 7.22. The summed E-state index contributed by atoms with van der Waals surface area (Å²) >= 11 is 0. The Balaban J connectivity index is 1.76. The number of fused-ring (bicyclic) bond motifs is 1. The standard InChI is InChI=1S/C26H22O5/c1-30-22-4-2-3-18(16-22)23-12-8-19-15-20(27)9-13-24(19)26(23)31-21-10-5-17(6-11-21)7-14-25(28)29/h2-6,8-13,15-16,27H,7,14H2,1H3,(H,28,29). The number of carbonyl (C=O) groups is 1. The van der Waals surface area contributed by atoms with Crippen molar-refractivity contribution in [2.24, 2.45) is 0 Å². The molecular formula is C26H22O5. The maximum absolute atomic E-state index is 10.8. The molecule has 0 aliphatic carbocycles. The minimum Gasteiger partial charge on any atom is -0.508 e. The van der Waals surface area contributed by atoms with Crippen LogP contribution in [0, 0.1) is 0 Å². The molecular weight excluding hydrogens is 392 g/mol. The first kappa shape index (κ1) is 20.3. The lowest BCUT2D eigenvalue weighted by Crippen LogP contribution is -1.97. The second kappa shape index (κ2) is 8.79. The van der Waals surface area contributed by atoms with Gasteiger partial charge in [-0.1, -0.05) is 30.3 Å². The zero-order valence-corrected chi connectivity index (χ0v) is 17.0. The van der Waals surface area contributed by atoms with E-state index in [1.54, 1.807) is 19.2 Å². The van der Waals surface area contributed by atoms with Gasteiger partial charge >= 0.3 is 5.97 Å². The zero-order valence-electron chi connectivity index (χ0n) is 17.0. The van der Waals surface area contributed by atoms with E-state index in [-0.39, 0.29) is 12.2 Å². The van der Waals surface area contributed by atoms with Gasteiger partial charge in [0.1, 0.15) is 23.0 Å². The summed E-state index contributed by atoms with van der Waals surface area (Å²) in [6, 6.07) is 24.3. The number of hydrogen-bond acceptors (Lipinski definition) is 4. The van der Waals surface area contributed by atoms with E-state index in [2.05, 4.69) is 0 Å². The minimum absolute atomic E-state index is 0.0903. The number of aromatic hydroxyl groups is 1. The Hall–Kier alpha value is -3.99. The fourth-order valence-electron chi connectivity index (χ4n) is 3.51. The first-order valence-electron chi connectivity index (χ1n) is 9.92. The fourth-order valence-corrected chi connectivity index (χ4v) is 3.51. The van der Waals surface area contributed by atoms with Crippen molar-refractivity contribution in [2.45, 2.75) is 12.8 Å². The van der Waals surface area contributed by atoms with Crippen LogP contribution >= 0.6 is 0 Å². The van der Waals surface area contributed by atoms with Gasteiger partial charge in [-0.25, -0.2) is 0 Å². The summed E-state index contributed by atoms with van der Waals surface area (Å²) in [6.07, 6.45) is 0.561. The SMILES string of the molecule is COc1cccc(-c2ccc3cc(O)ccc3c2Oc2ccc(CCC(=O)O)cc2)c1. The van der Waals surface area contributed by atoms with Crippen molar-refractivity contribution in [3.63, 3.8) is 0 Å². The largest absolute Gasteiger partial charge is 0.508 e. The van der Waals surface area contributed by atoms with E-state index in [4.69, 9.17) is 14.6 Å². The first-order valence-corrected chi connectivity index (χ1v) is 9.92. The lowest BCUT2D eigenvalue weighted by molar-refractivity contribution is -0.136. The molecule has 4 aromatic rings. The molecule has 0 unspecified atom stereocenters. The Morgan fingerprint density at radius 3 is 2.45 bits per heavy atom. The molecule has 0 aliphatic heterocycles. The van der Waals surface area contributed by atoms with Crippen molar-refractivity contribution in [1.29, 1.82) is 0 Å². The van der Waals surface area contributed by atoms with Crippen LogP contribution in [0.15, 0.2) is 78.9 Å². The number of ether oxygens (including phenoxy) is 2. The van der Waals surface area contributed by atoms with E-state index in [0.29, 0.717) is 17.9 Å². The molecule has 0 atom stereocenters. The highest BCUT2D eigenvalue weighted by molar-refractivity contribution is 5.96. The van der Waals surface area contributed by atoms with Crippen molar-refractivity contribution in [3.05, 3.63) is 84.4 Å². The quantitative estimate of drug-likeness (QED) is 0.386. The van der Waals surface area contributed by atoms with Crippen molar-refractivity contribution >= 4 is 16.7 Å². The lowest BCUT2D eigenvalue weighted by atomic mass is 9.99. The molecule has 4 aromatic carbocycles. The summed E-state index contributed by atoms with van der Waals surface area (Å²) in [6.45, 7) is 0. The number of methoxy groups -OCH3 is 1. The predicted molar refractivity (Wildman–Crippen MR) is 120 cm³/mol. The van der Waals surface area contributed by atoms with E-state index in [1.165, 1.54) is 0 Å². The van der Waals surface area contributed by atoms with E-state index < -0.39 is 5.97 Å². The molecule has 0 fully saturated rings. The molecule has 0 saturated heterocycles. The third kappa shape index (κ3) is 4.61. The van der Waals surface area contributed by atoms with Gasteiger partial charge in [0, 0.05) is 17.4 Å². The Morgan fingerprint density at radius 2 is 1.71 bits per heavy atom. The molecule has 4 rings (SSSR count). The number of carboxylic acids is 1. The smallest absolute Gasteiger partial charge is 0.303 e. The van der Waals surface area contributed by atoms with Gasteiger partial charge in [0.2, 0.25) is 0 Å². The summed E-state index contributed by atoms with van der Waals surface area (Å²) in [5.41, 5.74) is 2.78. The van der Waals surface area contributed by atoms with E-state index in [1.807, 2.05) is 66.7 Å². The summed E-state index contributed by atoms with van der Waals surface area (Å²) < 4.78 is 11.7. The molecule has 156 valence electrons. The molecule has 0 aromatic heterocycles. The molecule has 5 nitrogen and oxygen atoms in total. The number of benzene rings is 4. The van der Waals surface area contributed by atoms with Gasteiger partial charge in [0.25, 0.3) is 0 Å². The van der Waals surface area contributed by atoms with Crippen LogP contribution in [0.25, 0.3) is 21.9 Å². The average molecular weight is 414 g/mol. The maximum Gasteiger partial charge on any atom is 0.303 e. The van der Waals surface area contributed by atoms with E-state index >= 15 is 0 Å². The topological polar surface area (TPSA) is 76.0 Å². The second-order valence-corrected chi connectivity index (χ2v) is 7.22. The Labute approximate surface area is 180 Å². The van der Waals surface area contributed by atoms with Gasteiger partial charge in [-0.05, 0) is 71.5 Å². The number of phenolic OH excluding ortho intramolecular Hbond substituents is 1. The van der Waals surface area contributed by atoms with Gasteiger partial charge in [-0.3, -0.25) is 4.79 Å².